The zero-order valence-electron chi connectivity index (χ0n) is 7.20. The maximum atomic E-state index is 5.07. The summed E-state index contributed by atoms with van der Waals surface area (Å²) >= 11 is 6.82. The molecule has 1 aromatic rings. The standard InChI is InChI=1S/C8H12N2S2/c1-9-8(11)10(2)6-7-4-3-5-12-7/h3-5H,6H2,1-2H3,(H,9,11). The highest BCUT2D eigenvalue weighted by Crippen LogP contribution is 2.10. The zero-order chi connectivity index (χ0) is 8.97. The van der Waals surface area contributed by atoms with Gasteiger partial charge in [0.25, 0.3) is 0 Å². The first kappa shape index (κ1) is 9.48. The molecule has 0 saturated heterocycles. The largest absolute Gasteiger partial charge is 0.366 e. The van der Waals surface area contributed by atoms with Crippen LogP contribution >= 0.6 is 23.6 Å². The molecule has 0 radical (unpaired) electrons. The van der Waals surface area contributed by atoms with Gasteiger partial charge in [0.2, 0.25) is 0 Å². The molecule has 0 aliphatic rings. The lowest BCUT2D eigenvalue weighted by atomic mass is 10.4. The van der Waals surface area contributed by atoms with E-state index in [0.717, 1.165) is 11.7 Å². The molecule has 1 rings (SSSR count). The Balaban J connectivity index is 2.47. The van der Waals surface area contributed by atoms with E-state index in [1.165, 1.54) is 4.88 Å². The van der Waals surface area contributed by atoms with Crippen molar-refractivity contribution in [3.8, 4) is 0 Å². The minimum Gasteiger partial charge on any atom is -0.366 e. The van der Waals surface area contributed by atoms with Gasteiger partial charge in [-0.05, 0) is 23.7 Å². The minimum absolute atomic E-state index is 0.781. The van der Waals surface area contributed by atoms with Crippen molar-refractivity contribution in [2.24, 2.45) is 0 Å². The summed E-state index contributed by atoms with van der Waals surface area (Å²) in [6, 6.07) is 4.16. The molecule has 66 valence electrons. The van der Waals surface area contributed by atoms with Crippen molar-refractivity contribution in [2.45, 2.75) is 6.54 Å². The number of thiocarbonyl (C=S) groups is 1. The third kappa shape index (κ3) is 2.46. The molecule has 0 saturated carbocycles. The molecule has 0 fully saturated rings. The molecule has 0 unspecified atom stereocenters. The predicted octanol–water partition coefficient (Wildman–Crippen LogP) is 1.68. The third-order valence-electron chi connectivity index (χ3n) is 1.53. The third-order valence-corrected chi connectivity index (χ3v) is 2.91. The average molecular weight is 200 g/mol. The fraction of sp³-hybridized carbons (Fsp3) is 0.375. The van der Waals surface area contributed by atoms with Crippen LogP contribution in [0.4, 0.5) is 0 Å². The van der Waals surface area contributed by atoms with Gasteiger partial charge >= 0.3 is 0 Å². The van der Waals surface area contributed by atoms with E-state index in [1.807, 2.05) is 19.0 Å². The maximum absolute atomic E-state index is 5.07. The van der Waals surface area contributed by atoms with E-state index in [4.69, 9.17) is 12.2 Å². The van der Waals surface area contributed by atoms with Gasteiger partial charge < -0.3 is 10.2 Å². The first-order valence-electron chi connectivity index (χ1n) is 3.69. The van der Waals surface area contributed by atoms with E-state index in [0.29, 0.717) is 0 Å². The number of hydrogen-bond acceptors (Lipinski definition) is 2. The van der Waals surface area contributed by atoms with Gasteiger partial charge in [0.15, 0.2) is 5.11 Å². The van der Waals surface area contributed by atoms with Crippen LogP contribution in [0.25, 0.3) is 0 Å². The Kier molecular flexibility index (Phi) is 3.49. The minimum atomic E-state index is 0.781. The van der Waals surface area contributed by atoms with Crippen molar-refractivity contribution >= 4 is 28.7 Å². The van der Waals surface area contributed by atoms with Crippen LogP contribution in [0.3, 0.4) is 0 Å². The zero-order valence-corrected chi connectivity index (χ0v) is 8.84. The van der Waals surface area contributed by atoms with Crippen molar-refractivity contribution in [1.29, 1.82) is 0 Å². The first-order chi connectivity index (χ1) is 5.74. The Morgan fingerprint density at radius 2 is 2.50 bits per heavy atom. The number of thiophene rings is 1. The molecule has 4 heteroatoms. The van der Waals surface area contributed by atoms with Crippen LogP contribution in [-0.2, 0) is 6.54 Å². The summed E-state index contributed by atoms with van der Waals surface area (Å²) in [5.74, 6) is 0. The maximum Gasteiger partial charge on any atom is 0.168 e. The smallest absolute Gasteiger partial charge is 0.168 e. The van der Waals surface area contributed by atoms with Crippen LogP contribution in [0.2, 0.25) is 0 Å². The lowest BCUT2D eigenvalue weighted by Crippen LogP contribution is -2.33. The molecule has 0 amide bonds. The molecule has 1 aromatic heterocycles. The molecule has 0 bridgehead atoms. The molecule has 0 aromatic carbocycles. The van der Waals surface area contributed by atoms with Gasteiger partial charge in [-0.1, -0.05) is 6.07 Å². The molecule has 1 heterocycles. The highest BCUT2D eigenvalue weighted by molar-refractivity contribution is 7.80. The Labute approximate surface area is 82.2 Å². The molecule has 0 spiro atoms. The summed E-state index contributed by atoms with van der Waals surface area (Å²) in [5, 5.41) is 5.80. The van der Waals surface area contributed by atoms with E-state index in [2.05, 4.69) is 22.8 Å². The molecular formula is C8H12N2S2. The normalized spacial score (nSPS) is 9.50. The lowest BCUT2D eigenvalue weighted by Gasteiger charge is -2.18. The second-order valence-corrected chi connectivity index (χ2v) is 3.91. The highest BCUT2D eigenvalue weighted by Gasteiger charge is 2.02. The lowest BCUT2D eigenvalue weighted by molar-refractivity contribution is 0.500. The van der Waals surface area contributed by atoms with Crippen molar-refractivity contribution in [3.63, 3.8) is 0 Å². The van der Waals surface area contributed by atoms with E-state index < -0.39 is 0 Å². The molecular weight excluding hydrogens is 188 g/mol. The monoisotopic (exact) mass is 200 g/mol. The summed E-state index contributed by atoms with van der Waals surface area (Å²) in [5.41, 5.74) is 0. The topological polar surface area (TPSA) is 15.3 Å². The number of nitrogens with one attached hydrogen (secondary N) is 1. The van der Waals surface area contributed by atoms with Gasteiger partial charge in [0.1, 0.15) is 0 Å². The van der Waals surface area contributed by atoms with Crippen molar-refractivity contribution in [2.75, 3.05) is 14.1 Å². The second-order valence-electron chi connectivity index (χ2n) is 2.49. The SMILES string of the molecule is CNC(=S)N(C)Cc1cccs1. The van der Waals surface area contributed by atoms with Gasteiger partial charge in [-0.25, -0.2) is 0 Å². The molecule has 12 heavy (non-hydrogen) atoms. The van der Waals surface area contributed by atoms with E-state index in [-0.39, 0.29) is 0 Å². The number of nitrogens with zero attached hydrogens (tertiary/aromatic N) is 1. The Hall–Kier alpha value is -0.610. The van der Waals surface area contributed by atoms with Gasteiger partial charge in [-0.3, -0.25) is 0 Å². The summed E-state index contributed by atoms with van der Waals surface area (Å²) in [7, 11) is 3.83. The highest BCUT2D eigenvalue weighted by atomic mass is 32.1. The van der Waals surface area contributed by atoms with Gasteiger partial charge in [-0.2, -0.15) is 0 Å². The van der Waals surface area contributed by atoms with Gasteiger partial charge in [0.05, 0.1) is 6.54 Å². The second kappa shape index (κ2) is 4.42. The van der Waals surface area contributed by atoms with Crippen LogP contribution in [0.15, 0.2) is 17.5 Å². The van der Waals surface area contributed by atoms with Crippen molar-refractivity contribution in [1.82, 2.24) is 10.2 Å². The summed E-state index contributed by atoms with van der Waals surface area (Å²) in [6.07, 6.45) is 0. The Bertz CT molecular complexity index is 244. The molecule has 0 aliphatic heterocycles. The number of rotatable bonds is 2. The van der Waals surface area contributed by atoms with Crippen LogP contribution < -0.4 is 5.32 Å². The van der Waals surface area contributed by atoms with Crippen LogP contribution in [-0.4, -0.2) is 24.1 Å². The number of hydrogen-bond donors (Lipinski definition) is 1. The van der Waals surface area contributed by atoms with Gasteiger partial charge in [-0.15, -0.1) is 11.3 Å². The quantitative estimate of drug-likeness (QED) is 0.731. The molecule has 1 N–H and O–H groups in total. The van der Waals surface area contributed by atoms with Crippen molar-refractivity contribution < 1.29 is 0 Å². The van der Waals surface area contributed by atoms with Crippen LogP contribution in [0.1, 0.15) is 4.88 Å². The fourth-order valence-corrected chi connectivity index (χ4v) is 1.72. The predicted molar refractivity (Wildman–Crippen MR) is 57.4 cm³/mol. The average Bonchev–Trinajstić information content (AvgIpc) is 2.55. The van der Waals surface area contributed by atoms with E-state index in [9.17, 15) is 0 Å². The summed E-state index contributed by atoms with van der Waals surface area (Å²) < 4.78 is 0. The molecule has 2 nitrogen and oxygen atoms in total. The molecule has 0 atom stereocenters. The molecule has 0 aliphatic carbocycles. The van der Waals surface area contributed by atoms with E-state index in [1.54, 1.807) is 11.3 Å². The Morgan fingerprint density at radius 3 is 3.00 bits per heavy atom. The summed E-state index contributed by atoms with van der Waals surface area (Å²) in [4.78, 5) is 3.34. The first-order valence-corrected chi connectivity index (χ1v) is 4.98. The van der Waals surface area contributed by atoms with Crippen molar-refractivity contribution in [3.05, 3.63) is 22.4 Å². The van der Waals surface area contributed by atoms with E-state index >= 15 is 0 Å². The summed E-state index contributed by atoms with van der Waals surface area (Å²) in [6.45, 7) is 0.886. The van der Waals surface area contributed by atoms with Gasteiger partial charge in [0, 0.05) is 19.0 Å². The fourth-order valence-electron chi connectivity index (χ4n) is 0.899. The van der Waals surface area contributed by atoms with Crippen LogP contribution in [0, 0.1) is 0 Å². The Morgan fingerprint density at radius 1 is 1.75 bits per heavy atom. The van der Waals surface area contributed by atoms with Crippen LogP contribution in [0.5, 0.6) is 0 Å².